The quantitative estimate of drug-likeness (QED) is 0.599. The minimum absolute atomic E-state index is 0.0349. The lowest BCUT2D eigenvalue weighted by molar-refractivity contribution is 0.562. The third-order valence-electron chi connectivity index (χ3n) is 3.14. The highest BCUT2D eigenvalue weighted by molar-refractivity contribution is 5.45. The fourth-order valence-electron chi connectivity index (χ4n) is 1.93. The van der Waals surface area contributed by atoms with Crippen molar-refractivity contribution in [2.45, 2.75) is 26.2 Å². The molecule has 0 aliphatic carbocycles. The van der Waals surface area contributed by atoms with Crippen LogP contribution in [0.3, 0.4) is 0 Å². The first kappa shape index (κ1) is 14.2. The maximum Gasteiger partial charge on any atom is 0.155 e. The standard InChI is InChI=1S/C17H15FN4/c1-17(2,3)15-7-16-20-9-13(11-22(16)21-15)5-4-12-6-14(18)10-19-8-12/h6-11H,1-3H3. The Morgan fingerprint density at radius 2 is 1.82 bits per heavy atom. The van der Waals surface area contributed by atoms with E-state index < -0.39 is 5.82 Å². The molecule has 0 saturated carbocycles. The molecular formula is C17H15FN4. The summed E-state index contributed by atoms with van der Waals surface area (Å²) in [6, 6.07) is 3.31. The summed E-state index contributed by atoms with van der Waals surface area (Å²) in [6.45, 7) is 6.31. The van der Waals surface area contributed by atoms with Crippen LogP contribution in [0.25, 0.3) is 5.65 Å². The number of hydrogen-bond acceptors (Lipinski definition) is 3. The Kier molecular flexibility index (Phi) is 3.38. The third kappa shape index (κ3) is 2.96. The molecule has 0 spiro atoms. The van der Waals surface area contributed by atoms with Gasteiger partial charge in [0.1, 0.15) is 5.82 Å². The van der Waals surface area contributed by atoms with Gasteiger partial charge >= 0.3 is 0 Å². The van der Waals surface area contributed by atoms with Gasteiger partial charge in [-0.25, -0.2) is 13.9 Å². The average molecular weight is 294 g/mol. The molecule has 5 heteroatoms. The van der Waals surface area contributed by atoms with E-state index in [0.29, 0.717) is 11.1 Å². The van der Waals surface area contributed by atoms with Crippen LogP contribution < -0.4 is 0 Å². The Bertz CT molecular complexity index is 894. The van der Waals surface area contributed by atoms with E-state index in [0.717, 1.165) is 17.5 Å². The Balaban J connectivity index is 1.96. The van der Waals surface area contributed by atoms with E-state index >= 15 is 0 Å². The molecule has 3 aromatic heterocycles. The molecule has 0 atom stereocenters. The summed E-state index contributed by atoms with van der Waals surface area (Å²) in [5.41, 5.74) is 2.95. The summed E-state index contributed by atoms with van der Waals surface area (Å²) < 4.78 is 14.8. The first-order chi connectivity index (χ1) is 10.4. The number of aromatic nitrogens is 4. The molecule has 110 valence electrons. The minimum atomic E-state index is -0.401. The molecule has 4 nitrogen and oxygen atoms in total. The number of pyridine rings is 1. The lowest BCUT2D eigenvalue weighted by atomic mass is 9.93. The van der Waals surface area contributed by atoms with E-state index in [1.807, 2.05) is 12.3 Å². The molecule has 3 aromatic rings. The van der Waals surface area contributed by atoms with Gasteiger partial charge in [-0.05, 0) is 6.07 Å². The van der Waals surface area contributed by atoms with Crippen molar-refractivity contribution in [1.29, 1.82) is 0 Å². The second kappa shape index (κ2) is 5.23. The Hall–Kier alpha value is -2.74. The maximum absolute atomic E-state index is 13.1. The fraction of sp³-hybridized carbons (Fsp3) is 0.235. The van der Waals surface area contributed by atoms with E-state index in [1.54, 1.807) is 10.7 Å². The fourth-order valence-corrected chi connectivity index (χ4v) is 1.93. The zero-order chi connectivity index (χ0) is 15.7. The molecule has 0 bridgehead atoms. The molecule has 0 fully saturated rings. The molecule has 0 aliphatic heterocycles. The molecule has 3 rings (SSSR count). The molecule has 0 aliphatic rings. The second-order valence-electron chi connectivity index (χ2n) is 6.07. The summed E-state index contributed by atoms with van der Waals surface area (Å²) in [6.07, 6.45) is 6.17. The first-order valence-corrected chi connectivity index (χ1v) is 6.90. The van der Waals surface area contributed by atoms with Crippen LogP contribution in [0.1, 0.15) is 37.6 Å². The number of rotatable bonds is 0. The highest BCUT2D eigenvalue weighted by atomic mass is 19.1. The molecule has 0 aromatic carbocycles. The van der Waals surface area contributed by atoms with E-state index in [9.17, 15) is 4.39 Å². The van der Waals surface area contributed by atoms with Gasteiger partial charge in [0, 0.05) is 35.6 Å². The van der Waals surface area contributed by atoms with Crippen LogP contribution in [0.2, 0.25) is 0 Å². The Morgan fingerprint density at radius 1 is 1.05 bits per heavy atom. The van der Waals surface area contributed by atoms with E-state index in [4.69, 9.17) is 0 Å². The molecule has 0 radical (unpaired) electrons. The van der Waals surface area contributed by atoms with Gasteiger partial charge in [-0.3, -0.25) is 4.98 Å². The molecule has 0 unspecified atom stereocenters. The van der Waals surface area contributed by atoms with Crippen LogP contribution in [-0.4, -0.2) is 19.6 Å². The van der Waals surface area contributed by atoms with Crippen LogP contribution in [0.5, 0.6) is 0 Å². The smallest absolute Gasteiger partial charge is 0.155 e. The largest absolute Gasteiger partial charge is 0.260 e. The van der Waals surface area contributed by atoms with Crippen molar-refractivity contribution in [3.8, 4) is 11.8 Å². The summed E-state index contributed by atoms with van der Waals surface area (Å²) in [4.78, 5) is 8.12. The molecule has 3 heterocycles. The number of fused-ring (bicyclic) bond motifs is 1. The van der Waals surface area contributed by atoms with Crippen molar-refractivity contribution in [2.24, 2.45) is 0 Å². The summed E-state index contributed by atoms with van der Waals surface area (Å²) >= 11 is 0. The highest BCUT2D eigenvalue weighted by Gasteiger charge is 2.17. The number of halogens is 1. The van der Waals surface area contributed by atoms with Gasteiger partial charge in [-0.1, -0.05) is 32.6 Å². The van der Waals surface area contributed by atoms with Crippen molar-refractivity contribution >= 4 is 5.65 Å². The average Bonchev–Trinajstić information content (AvgIpc) is 2.88. The summed E-state index contributed by atoms with van der Waals surface area (Å²) in [5, 5.41) is 4.53. The first-order valence-electron chi connectivity index (χ1n) is 6.90. The Labute approximate surface area is 128 Å². The lowest BCUT2D eigenvalue weighted by Crippen LogP contribution is -2.11. The van der Waals surface area contributed by atoms with Gasteiger partial charge < -0.3 is 0 Å². The van der Waals surface area contributed by atoms with Crippen LogP contribution >= 0.6 is 0 Å². The zero-order valence-electron chi connectivity index (χ0n) is 12.6. The summed E-state index contributed by atoms with van der Waals surface area (Å²) in [5.74, 6) is 5.42. The van der Waals surface area contributed by atoms with Crippen molar-refractivity contribution < 1.29 is 4.39 Å². The highest BCUT2D eigenvalue weighted by Crippen LogP contribution is 2.21. The predicted octanol–water partition coefficient (Wildman–Crippen LogP) is 2.96. The number of hydrogen-bond donors (Lipinski definition) is 0. The van der Waals surface area contributed by atoms with Gasteiger partial charge in [0.2, 0.25) is 0 Å². The lowest BCUT2D eigenvalue weighted by Gasteiger charge is -2.13. The van der Waals surface area contributed by atoms with Gasteiger partial charge in [-0.2, -0.15) is 5.10 Å². The van der Waals surface area contributed by atoms with Crippen molar-refractivity contribution in [2.75, 3.05) is 0 Å². The number of nitrogens with zero attached hydrogens (tertiary/aromatic N) is 4. The topological polar surface area (TPSA) is 43.1 Å². The van der Waals surface area contributed by atoms with Gasteiger partial charge in [0.15, 0.2) is 5.65 Å². The zero-order valence-corrected chi connectivity index (χ0v) is 12.6. The predicted molar refractivity (Wildman–Crippen MR) is 81.9 cm³/mol. The van der Waals surface area contributed by atoms with E-state index in [-0.39, 0.29) is 5.41 Å². The van der Waals surface area contributed by atoms with Crippen LogP contribution in [-0.2, 0) is 5.41 Å². The van der Waals surface area contributed by atoms with Crippen LogP contribution in [0.15, 0.2) is 36.9 Å². The Morgan fingerprint density at radius 3 is 2.55 bits per heavy atom. The molecule has 0 N–H and O–H groups in total. The monoisotopic (exact) mass is 294 g/mol. The van der Waals surface area contributed by atoms with Gasteiger partial charge in [0.05, 0.1) is 17.5 Å². The van der Waals surface area contributed by atoms with Gasteiger partial charge in [0.25, 0.3) is 0 Å². The van der Waals surface area contributed by atoms with Crippen molar-refractivity contribution in [3.05, 3.63) is 59.6 Å². The summed E-state index contributed by atoms with van der Waals surface area (Å²) in [7, 11) is 0. The molecule has 22 heavy (non-hydrogen) atoms. The second-order valence-corrected chi connectivity index (χ2v) is 6.07. The minimum Gasteiger partial charge on any atom is -0.260 e. The van der Waals surface area contributed by atoms with Crippen LogP contribution in [0.4, 0.5) is 4.39 Å². The molecular weight excluding hydrogens is 279 g/mol. The van der Waals surface area contributed by atoms with Crippen molar-refractivity contribution in [3.63, 3.8) is 0 Å². The van der Waals surface area contributed by atoms with E-state index in [1.165, 1.54) is 12.3 Å². The third-order valence-corrected chi connectivity index (χ3v) is 3.14. The normalized spacial score (nSPS) is 11.3. The van der Waals surface area contributed by atoms with Crippen LogP contribution in [0, 0.1) is 17.7 Å². The van der Waals surface area contributed by atoms with Gasteiger partial charge in [-0.15, -0.1) is 0 Å². The van der Waals surface area contributed by atoms with Crippen molar-refractivity contribution in [1.82, 2.24) is 19.6 Å². The molecule has 0 saturated heterocycles. The van der Waals surface area contributed by atoms with E-state index in [2.05, 4.69) is 47.7 Å². The SMILES string of the molecule is CC(C)(C)c1cc2ncc(C#Cc3cncc(F)c3)cn2n1. The maximum atomic E-state index is 13.1. The molecule has 0 amide bonds.